The van der Waals surface area contributed by atoms with Crippen molar-refractivity contribution in [1.29, 1.82) is 0 Å². The van der Waals surface area contributed by atoms with Crippen LogP contribution in [0.4, 0.5) is 5.69 Å². The van der Waals surface area contributed by atoms with E-state index in [9.17, 15) is 9.59 Å². The van der Waals surface area contributed by atoms with Gasteiger partial charge in [-0.1, -0.05) is 32.0 Å². The lowest BCUT2D eigenvalue weighted by atomic mass is 10.0. The number of rotatable bonds is 6. The standard InChI is InChI=1S/C21H28N4O3/c1-13(2)17(23-19(26)16-11-8-12-25(16)4)21-24-18(14(3)28-21)20(27)22-15-9-6-5-7-10-15/h5-7,9-10,13,16-17H,8,11-12H2,1-4H3,(H,22,27)(H,23,26)/t16-,17+/m0/s1. The van der Waals surface area contributed by atoms with Crippen molar-refractivity contribution in [1.82, 2.24) is 15.2 Å². The number of carbonyl (C=O) groups excluding carboxylic acids is 2. The molecule has 28 heavy (non-hydrogen) atoms. The number of amides is 2. The molecule has 0 unspecified atom stereocenters. The summed E-state index contributed by atoms with van der Waals surface area (Å²) in [6, 6.07) is 8.68. The number of benzene rings is 1. The van der Waals surface area contributed by atoms with Crippen LogP contribution in [-0.4, -0.2) is 41.3 Å². The molecule has 1 aromatic heterocycles. The molecule has 0 aliphatic carbocycles. The Morgan fingerprint density at radius 3 is 2.57 bits per heavy atom. The van der Waals surface area contributed by atoms with Gasteiger partial charge in [-0.05, 0) is 51.4 Å². The van der Waals surface area contributed by atoms with E-state index in [1.54, 1.807) is 6.92 Å². The molecule has 1 aliphatic heterocycles. The second-order valence-electron chi connectivity index (χ2n) is 7.65. The number of anilines is 1. The van der Waals surface area contributed by atoms with Gasteiger partial charge in [0.25, 0.3) is 5.91 Å². The summed E-state index contributed by atoms with van der Waals surface area (Å²) in [6.45, 7) is 6.62. The maximum absolute atomic E-state index is 12.7. The summed E-state index contributed by atoms with van der Waals surface area (Å²) < 4.78 is 5.79. The Bertz CT molecular complexity index is 831. The zero-order valence-electron chi connectivity index (χ0n) is 16.9. The third-order valence-electron chi connectivity index (χ3n) is 5.11. The van der Waals surface area contributed by atoms with Crippen LogP contribution in [0.3, 0.4) is 0 Å². The maximum atomic E-state index is 12.7. The number of oxazole rings is 1. The SMILES string of the molecule is Cc1oc([C@H](NC(=O)[C@@H]2CCCN2C)C(C)C)nc1C(=O)Nc1ccccc1. The summed E-state index contributed by atoms with van der Waals surface area (Å²) in [7, 11) is 1.96. The van der Waals surface area contributed by atoms with Crippen LogP contribution in [0, 0.1) is 12.8 Å². The summed E-state index contributed by atoms with van der Waals surface area (Å²) in [5.74, 6) is 0.507. The summed E-state index contributed by atoms with van der Waals surface area (Å²) in [6.07, 6.45) is 1.87. The number of nitrogens with one attached hydrogen (secondary N) is 2. The Morgan fingerprint density at radius 1 is 1.25 bits per heavy atom. The van der Waals surface area contributed by atoms with Crippen molar-refractivity contribution in [3.8, 4) is 0 Å². The Labute approximate surface area is 165 Å². The molecule has 0 bridgehead atoms. The lowest BCUT2D eigenvalue weighted by molar-refractivity contribution is -0.126. The maximum Gasteiger partial charge on any atom is 0.277 e. The molecular formula is C21H28N4O3. The number of carbonyl (C=O) groups is 2. The van der Waals surface area contributed by atoms with Crippen LogP contribution in [0.2, 0.25) is 0 Å². The van der Waals surface area contributed by atoms with Crippen molar-refractivity contribution in [2.45, 2.75) is 45.7 Å². The van der Waals surface area contributed by atoms with E-state index in [0.29, 0.717) is 17.3 Å². The van der Waals surface area contributed by atoms with Crippen LogP contribution in [0.25, 0.3) is 0 Å². The fraction of sp³-hybridized carbons (Fsp3) is 0.476. The number of likely N-dealkylation sites (tertiary alicyclic amines) is 1. The highest BCUT2D eigenvalue weighted by Gasteiger charge is 2.32. The van der Waals surface area contributed by atoms with Gasteiger partial charge in [-0.2, -0.15) is 0 Å². The molecule has 1 fully saturated rings. The summed E-state index contributed by atoms with van der Waals surface area (Å²) in [5.41, 5.74) is 0.922. The van der Waals surface area contributed by atoms with Gasteiger partial charge in [-0.25, -0.2) is 4.98 Å². The number of para-hydroxylation sites is 1. The fourth-order valence-corrected chi connectivity index (χ4v) is 3.48. The minimum Gasteiger partial charge on any atom is -0.443 e. The first-order chi connectivity index (χ1) is 13.4. The van der Waals surface area contributed by atoms with Gasteiger partial charge in [-0.3, -0.25) is 14.5 Å². The number of aromatic nitrogens is 1. The zero-order valence-corrected chi connectivity index (χ0v) is 16.9. The molecule has 2 amide bonds. The predicted octanol–water partition coefficient (Wildman–Crippen LogP) is 3.14. The molecule has 1 aliphatic rings. The minimum absolute atomic E-state index is 0.0233. The van der Waals surface area contributed by atoms with E-state index in [4.69, 9.17) is 4.42 Å². The van der Waals surface area contributed by atoms with E-state index in [1.165, 1.54) is 0 Å². The molecule has 0 radical (unpaired) electrons. The Hall–Kier alpha value is -2.67. The number of aryl methyl sites for hydroxylation is 1. The lowest BCUT2D eigenvalue weighted by Crippen LogP contribution is -2.44. The number of hydrogen-bond acceptors (Lipinski definition) is 5. The lowest BCUT2D eigenvalue weighted by Gasteiger charge is -2.24. The predicted molar refractivity (Wildman–Crippen MR) is 107 cm³/mol. The fourth-order valence-electron chi connectivity index (χ4n) is 3.48. The van der Waals surface area contributed by atoms with Gasteiger partial charge in [0.2, 0.25) is 11.8 Å². The van der Waals surface area contributed by atoms with Crippen molar-refractivity contribution < 1.29 is 14.0 Å². The van der Waals surface area contributed by atoms with Gasteiger partial charge in [0.05, 0.1) is 6.04 Å². The normalized spacial score (nSPS) is 18.2. The summed E-state index contributed by atoms with van der Waals surface area (Å²) in [5, 5.41) is 5.88. The third kappa shape index (κ3) is 4.42. The van der Waals surface area contributed by atoms with Crippen molar-refractivity contribution in [3.63, 3.8) is 0 Å². The van der Waals surface area contributed by atoms with Gasteiger partial charge in [0.1, 0.15) is 11.8 Å². The smallest absolute Gasteiger partial charge is 0.277 e. The summed E-state index contributed by atoms with van der Waals surface area (Å²) in [4.78, 5) is 31.8. The van der Waals surface area contributed by atoms with Crippen LogP contribution in [0.15, 0.2) is 34.7 Å². The van der Waals surface area contributed by atoms with E-state index in [-0.39, 0.29) is 29.5 Å². The van der Waals surface area contributed by atoms with Gasteiger partial charge in [0, 0.05) is 5.69 Å². The Balaban J connectivity index is 1.76. The van der Waals surface area contributed by atoms with Crippen molar-refractivity contribution in [2.24, 2.45) is 5.92 Å². The number of hydrogen-bond donors (Lipinski definition) is 2. The summed E-state index contributed by atoms with van der Waals surface area (Å²) >= 11 is 0. The number of likely N-dealkylation sites (N-methyl/N-ethyl adjacent to an activating group) is 1. The third-order valence-corrected chi connectivity index (χ3v) is 5.11. The molecule has 150 valence electrons. The van der Waals surface area contributed by atoms with Crippen LogP contribution in [0.1, 0.15) is 54.9 Å². The molecule has 1 saturated heterocycles. The molecule has 1 aromatic carbocycles. The van der Waals surface area contributed by atoms with Gasteiger partial charge >= 0.3 is 0 Å². The molecule has 7 nitrogen and oxygen atoms in total. The molecule has 7 heteroatoms. The number of nitrogens with zero attached hydrogens (tertiary/aromatic N) is 2. The largest absolute Gasteiger partial charge is 0.443 e. The van der Waals surface area contributed by atoms with Gasteiger partial charge in [-0.15, -0.1) is 0 Å². The van der Waals surface area contributed by atoms with Crippen molar-refractivity contribution >= 4 is 17.5 Å². The van der Waals surface area contributed by atoms with E-state index >= 15 is 0 Å². The second-order valence-corrected chi connectivity index (χ2v) is 7.65. The van der Waals surface area contributed by atoms with Crippen molar-refractivity contribution in [2.75, 3.05) is 18.9 Å². The average molecular weight is 384 g/mol. The van der Waals surface area contributed by atoms with E-state index in [1.807, 2.05) is 51.2 Å². The van der Waals surface area contributed by atoms with E-state index < -0.39 is 6.04 Å². The molecule has 2 heterocycles. The molecule has 0 spiro atoms. The molecular weight excluding hydrogens is 356 g/mol. The van der Waals surface area contributed by atoms with Gasteiger partial charge in [0.15, 0.2) is 5.69 Å². The molecule has 0 saturated carbocycles. The highest BCUT2D eigenvalue weighted by atomic mass is 16.4. The van der Waals surface area contributed by atoms with E-state index in [0.717, 1.165) is 19.4 Å². The molecule has 2 N–H and O–H groups in total. The topological polar surface area (TPSA) is 87.5 Å². The monoisotopic (exact) mass is 384 g/mol. The Morgan fingerprint density at radius 2 is 1.96 bits per heavy atom. The van der Waals surface area contributed by atoms with Gasteiger partial charge < -0.3 is 15.1 Å². The highest BCUT2D eigenvalue weighted by molar-refractivity contribution is 6.03. The van der Waals surface area contributed by atoms with E-state index in [2.05, 4.69) is 20.5 Å². The first-order valence-corrected chi connectivity index (χ1v) is 9.71. The van der Waals surface area contributed by atoms with Crippen LogP contribution >= 0.6 is 0 Å². The Kier molecular flexibility index (Phi) is 6.14. The molecule has 3 rings (SSSR count). The van der Waals surface area contributed by atoms with Crippen LogP contribution < -0.4 is 10.6 Å². The van der Waals surface area contributed by atoms with Crippen LogP contribution in [0.5, 0.6) is 0 Å². The molecule has 2 aromatic rings. The average Bonchev–Trinajstić information content (AvgIpc) is 3.25. The first kappa shape index (κ1) is 20.1. The quantitative estimate of drug-likeness (QED) is 0.799. The second kappa shape index (κ2) is 8.56. The molecule has 2 atom stereocenters. The van der Waals surface area contributed by atoms with Crippen molar-refractivity contribution in [3.05, 3.63) is 47.7 Å². The zero-order chi connectivity index (χ0) is 20.3. The first-order valence-electron chi connectivity index (χ1n) is 9.71. The minimum atomic E-state index is -0.390. The van der Waals surface area contributed by atoms with Crippen LogP contribution in [-0.2, 0) is 4.79 Å². The highest BCUT2D eigenvalue weighted by Crippen LogP contribution is 2.25.